The van der Waals surface area contributed by atoms with Gasteiger partial charge in [-0.2, -0.15) is 0 Å². The second-order valence-corrected chi connectivity index (χ2v) is 8.11. The van der Waals surface area contributed by atoms with Crippen molar-refractivity contribution in [2.45, 2.75) is 32.4 Å². The summed E-state index contributed by atoms with van der Waals surface area (Å²) in [6, 6.07) is 16.4. The number of carbonyl (C=O) groups excluding carboxylic acids is 1. The minimum absolute atomic E-state index is 0.132. The van der Waals surface area contributed by atoms with Gasteiger partial charge in [-0.15, -0.1) is 0 Å². The van der Waals surface area contributed by atoms with Crippen molar-refractivity contribution in [2.75, 3.05) is 45.7 Å². The molecule has 2 N–H and O–H groups in total. The van der Waals surface area contributed by atoms with E-state index < -0.39 is 0 Å². The first kappa shape index (κ1) is 23.6. The third-order valence-electron chi connectivity index (χ3n) is 5.67. The molecule has 0 radical (unpaired) electrons. The van der Waals surface area contributed by atoms with Crippen LogP contribution in [0.25, 0.3) is 0 Å². The number of hydrogen-bond donors (Lipinski definition) is 2. The maximum atomic E-state index is 11.9. The van der Waals surface area contributed by atoms with Crippen molar-refractivity contribution in [3.05, 3.63) is 59.7 Å². The van der Waals surface area contributed by atoms with E-state index in [1.807, 2.05) is 47.4 Å². The summed E-state index contributed by atoms with van der Waals surface area (Å²) in [7, 11) is 5.83. The number of nitrogens with zero attached hydrogens (tertiary/aromatic N) is 3. The van der Waals surface area contributed by atoms with Gasteiger partial charge >= 0.3 is 0 Å². The number of benzene rings is 2. The normalized spacial score (nSPS) is 15.2. The lowest BCUT2D eigenvalue weighted by molar-refractivity contribution is -0.117. The lowest BCUT2D eigenvalue weighted by Crippen LogP contribution is -2.41. The van der Waals surface area contributed by atoms with Crippen molar-refractivity contribution in [1.29, 1.82) is 0 Å². The first-order valence-corrected chi connectivity index (χ1v) is 11.2. The zero-order valence-electron chi connectivity index (χ0n) is 19.6. The van der Waals surface area contributed by atoms with E-state index in [9.17, 15) is 4.79 Å². The summed E-state index contributed by atoms with van der Waals surface area (Å²) < 4.78 is 5.56. The Morgan fingerprint density at radius 1 is 1.16 bits per heavy atom. The van der Waals surface area contributed by atoms with Crippen molar-refractivity contribution in [3.8, 4) is 5.75 Å². The molecule has 1 aliphatic heterocycles. The van der Waals surface area contributed by atoms with Gasteiger partial charge < -0.3 is 25.2 Å². The van der Waals surface area contributed by atoms with Crippen LogP contribution >= 0.6 is 0 Å². The topological polar surface area (TPSA) is 69.2 Å². The SMILES string of the molecule is CCNC(=NCc1ccc(N2CCCC2=O)cc1)NCC(c1ccccc1OC)N(C)C. The Balaban J connectivity index is 1.65. The molecular weight excluding hydrogens is 402 g/mol. The average molecular weight is 438 g/mol. The van der Waals surface area contributed by atoms with Crippen LogP contribution in [0.3, 0.4) is 0 Å². The summed E-state index contributed by atoms with van der Waals surface area (Å²) in [5, 5.41) is 6.80. The zero-order chi connectivity index (χ0) is 22.9. The number of aliphatic imine (C=N–C) groups is 1. The number of hydrogen-bond acceptors (Lipinski definition) is 4. The van der Waals surface area contributed by atoms with Gasteiger partial charge in [0.05, 0.1) is 19.7 Å². The first-order valence-electron chi connectivity index (χ1n) is 11.2. The van der Waals surface area contributed by atoms with Crippen molar-refractivity contribution in [2.24, 2.45) is 4.99 Å². The summed E-state index contributed by atoms with van der Waals surface area (Å²) in [6.07, 6.45) is 1.58. The van der Waals surface area contributed by atoms with Gasteiger partial charge in [0.1, 0.15) is 5.75 Å². The molecule has 1 unspecified atom stereocenters. The Hall–Kier alpha value is -3.06. The van der Waals surface area contributed by atoms with Gasteiger partial charge in [-0.3, -0.25) is 4.79 Å². The van der Waals surface area contributed by atoms with Gasteiger partial charge in [0.25, 0.3) is 0 Å². The van der Waals surface area contributed by atoms with Crippen LogP contribution in [0.5, 0.6) is 5.75 Å². The van der Waals surface area contributed by atoms with Crippen LogP contribution in [0.1, 0.15) is 36.9 Å². The Morgan fingerprint density at radius 3 is 2.53 bits per heavy atom. The van der Waals surface area contributed by atoms with Gasteiger partial charge in [-0.25, -0.2) is 4.99 Å². The fraction of sp³-hybridized carbons (Fsp3) is 0.440. The molecule has 2 aromatic carbocycles. The summed E-state index contributed by atoms with van der Waals surface area (Å²) in [5.74, 6) is 1.86. The fourth-order valence-electron chi connectivity index (χ4n) is 3.92. The second-order valence-electron chi connectivity index (χ2n) is 8.11. The molecule has 0 saturated carbocycles. The number of guanidine groups is 1. The van der Waals surface area contributed by atoms with Crippen LogP contribution in [0.4, 0.5) is 5.69 Å². The Kier molecular flexibility index (Phi) is 8.50. The first-order chi connectivity index (χ1) is 15.5. The highest BCUT2D eigenvalue weighted by molar-refractivity contribution is 5.95. The van der Waals surface area contributed by atoms with Crippen molar-refractivity contribution in [1.82, 2.24) is 15.5 Å². The van der Waals surface area contributed by atoms with E-state index >= 15 is 0 Å². The molecule has 172 valence electrons. The summed E-state index contributed by atoms with van der Waals surface area (Å²) >= 11 is 0. The van der Waals surface area contributed by atoms with Crippen molar-refractivity contribution in [3.63, 3.8) is 0 Å². The number of methoxy groups -OCH3 is 1. The van der Waals surface area contributed by atoms with Crippen molar-refractivity contribution < 1.29 is 9.53 Å². The van der Waals surface area contributed by atoms with E-state index in [1.54, 1.807) is 7.11 Å². The Morgan fingerprint density at radius 2 is 1.91 bits per heavy atom. The molecule has 0 aliphatic carbocycles. The van der Waals surface area contributed by atoms with Gasteiger partial charge in [0.15, 0.2) is 5.96 Å². The number of para-hydroxylation sites is 1. The van der Waals surface area contributed by atoms with Crippen LogP contribution in [0, 0.1) is 0 Å². The maximum Gasteiger partial charge on any atom is 0.227 e. The number of likely N-dealkylation sites (N-methyl/N-ethyl adjacent to an activating group) is 1. The molecule has 7 nitrogen and oxygen atoms in total. The molecule has 1 aliphatic rings. The number of nitrogens with one attached hydrogen (secondary N) is 2. The van der Waals surface area contributed by atoms with E-state index in [0.717, 1.165) is 48.0 Å². The maximum absolute atomic E-state index is 11.9. The molecule has 7 heteroatoms. The predicted molar refractivity (Wildman–Crippen MR) is 130 cm³/mol. The predicted octanol–water partition coefficient (Wildman–Crippen LogP) is 3.18. The Bertz CT molecular complexity index is 911. The smallest absolute Gasteiger partial charge is 0.227 e. The largest absolute Gasteiger partial charge is 0.496 e. The van der Waals surface area contributed by atoms with E-state index in [-0.39, 0.29) is 11.9 Å². The lowest BCUT2D eigenvalue weighted by atomic mass is 10.0. The minimum Gasteiger partial charge on any atom is -0.496 e. The van der Waals surface area contributed by atoms with E-state index in [4.69, 9.17) is 9.73 Å². The van der Waals surface area contributed by atoms with Gasteiger partial charge in [-0.1, -0.05) is 30.3 Å². The summed E-state index contributed by atoms with van der Waals surface area (Å²) in [4.78, 5) is 20.7. The average Bonchev–Trinajstić information content (AvgIpc) is 3.23. The lowest BCUT2D eigenvalue weighted by Gasteiger charge is -2.27. The van der Waals surface area contributed by atoms with E-state index in [0.29, 0.717) is 19.5 Å². The quantitative estimate of drug-likeness (QED) is 0.466. The monoisotopic (exact) mass is 437 g/mol. The van der Waals surface area contributed by atoms with Crippen molar-refractivity contribution >= 4 is 17.6 Å². The van der Waals surface area contributed by atoms with Crippen LogP contribution < -0.4 is 20.3 Å². The van der Waals surface area contributed by atoms with Gasteiger partial charge in [0.2, 0.25) is 5.91 Å². The molecule has 1 heterocycles. The molecule has 1 amide bonds. The molecular formula is C25H35N5O2. The number of carbonyl (C=O) groups is 1. The number of ether oxygens (including phenoxy) is 1. The highest BCUT2D eigenvalue weighted by atomic mass is 16.5. The molecule has 0 spiro atoms. The highest BCUT2D eigenvalue weighted by Crippen LogP contribution is 2.27. The molecule has 0 bridgehead atoms. The molecule has 1 fully saturated rings. The highest BCUT2D eigenvalue weighted by Gasteiger charge is 2.21. The number of anilines is 1. The molecule has 3 rings (SSSR count). The van der Waals surface area contributed by atoms with Gasteiger partial charge in [0, 0.05) is 37.3 Å². The molecule has 1 saturated heterocycles. The third kappa shape index (κ3) is 6.01. The number of amides is 1. The fourth-order valence-corrected chi connectivity index (χ4v) is 3.92. The third-order valence-corrected chi connectivity index (χ3v) is 5.67. The molecule has 0 aromatic heterocycles. The van der Waals surface area contributed by atoms with Gasteiger partial charge in [-0.05, 0) is 51.2 Å². The van der Waals surface area contributed by atoms with Crippen LogP contribution in [0.15, 0.2) is 53.5 Å². The zero-order valence-corrected chi connectivity index (χ0v) is 19.6. The van der Waals surface area contributed by atoms with E-state index in [1.165, 1.54) is 0 Å². The molecule has 32 heavy (non-hydrogen) atoms. The molecule has 1 atom stereocenters. The molecule has 2 aromatic rings. The second kappa shape index (κ2) is 11.5. The standard InChI is InChI=1S/C25H35N5O2/c1-5-26-25(28-18-22(29(2)3)21-9-6-7-10-23(21)32-4)27-17-19-12-14-20(15-13-19)30-16-8-11-24(30)31/h6-7,9-10,12-15,22H,5,8,11,16-18H2,1-4H3,(H2,26,27,28). The summed E-state index contributed by atoms with van der Waals surface area (Å²) in [6.45, 7) is 4.90. The van der Waals surface area contributed by atoms with Crippen LogP contribution in [-0.4, -0.2) is 57.6 Å². The number of rotatable bonds is 9. The minimum atomic E-state index is 0.132. The Labute approximate surface area is 191 Å². The van der Waals surface area contributed by atoms with Crippen LogP contribution in [-0.2, 0) is 11.3 Å². The van der Waals surface area contributed by atoms with E-state index in [2.05, 4.69) is 42.6 Å². The van der Waals surface area contributed by atoms with Crippen LogP contribution in [0.2, 0.25) is 0 Å². The summed E-state index contributed by atoms with van der Waals surface area (Å²) in [5.41, 5.74) is 3.21.